The van der Waals surface area contributed by atoms with Gasteiger partial charge in [0, 0.05) is 0 Å². The topological polar surface area (TPSA) is 58.2 Å². The second-order valence-corrected chi connectivity index (χ2v) is 6.32. The third kappa shape index (κ3) is 3.24. The summed E-state index contributed by atoms with van der Waals surface area (Å²) in [5.74, 6) is 0.820. The third-order valence-electron chi connectivity index (χ3n) is 4.75. The van der Waals surface area contributed by atoms with Crippen LogP contribution >= 0.6 is 0 Å². The molecule has 3 rings (SSSR count). The SMILES string of the molecule is CCOC(=O)C1CCCCN1Cc1nc2c(C)c(C)ccc2[nH]1. The molecule has 23 heavy (non-hydrogen) atoms. The number of H-pyrrole nitrogens is 1. The smallest absolute Gasteiger partial charge is 0.323 e. The van der Waals surface area contributed by atoms with E-state index in [1.165, 1.54) is 11.1 Å². The van der Waals surface area contributed by atoms with E-state index in [4.69, 9.17) is 9.72 Å². The van der Waals surface area contributed by atoms with Gasteiger partial charge in [-0.15, -0.1) is 0 Å². The number of hydrogen-bond acceptors (Lipinski definition) is 4. The van der Waals surface area contributed by atoms with Crippen molar-refractivity contribution in [1.29, 1.82) is 0 Å². The zero-order valence-corrected chi connectivity index (χ0v) is 14.2. The predicted octanol–water partition coefficient (Wildman–Crippen LogP) is 3.10. The average Bonchev–Trinajstić information content (AvgIpc) is 2.95. The molecule has 1 aliphatic heterocycles. The van der Waals surface area contributed by atoms with Crippen LogP contribution in [0.25, 0.3) is 11.0 Å². The van der Waals surface area contributed by atoms with E-state index >= 15 is 0 Å². The Balaban J connectivity index is 1.82. The molecule has 0 saturated carbocycles. The molecule has 0 aliphatic carbocycles. The Morgan fingerprint density at radius 2 is 2.22 bits per heavy atom. The number of rotatable bonds is 4. The van der Waals surface area contributed by atoms with E-state index in [1.54, 1.807) is 0 Å². The quantitative estimate of drug-likeness (QED) is 0.881. The van der Waals surface area contributed by atoms with Gasteiger partial charge < -0.3 is 9.72 Å². The highest BCUT2D eigenvalue weighted by molar-refractivity contribution is 5.80. The van der Waals surface area contributed by atoms with E-state index in [0.717, 1.165) is 42.7 Å². The number of likely N-dealkylation sites (tertiary alicyclic amines) is 1. The summed E-state index contributed by atoms with van der Waals surface area (Å²) in [6.07, 6.45) is 3.07. The average molecular weight is 315 g/mol. The summed E-state index contributed by atoms with van der Waals surface area (Å²) in [4.78, 5) is 22.5. The largest absolute Gasteiger partial charge is 0.465 e. The molecule has 0 bridgehead atoms. The first-order valence-electron chi connectivity index (χ1n) is 8.45. The number of aryl methyl sites for hydroxylation is 2. The Kier molecular flexibility index (Phi) is 4.66. The molecule has 1 N–H and O–H groups in total. The van der Waals surface area contributed by atoms with E-state index in [-0.39, 0.29) is 12.0 Å². The summed E-state index contributed by atoms with van der Waals surface area (Å²) >= 11 is 0. The Labute approximate surface area is 137 Å². The number of aromatic amines is 1. The minimum Gasteiger partial charge on any atom is -0.465 e. The van der Waals surface area contributed by atoms with Crippen LogP contribution in [-0.4, -0.2) is 40.0 Å². The predicted molar refractivity (Wildman–Crippen MR) is 90.2 cm³/mol. The number of carbonyl (C=O) groups is 1. The molecular formula is C18H25N3O2. The zero-order chi connectivity index (χ0) is 16.4. The van der Waals surface area contributed by atoms with Gasteiger partial charge in [0.2, 0.25) is 0 Å². The lowest BCUT2D eigenvalue weighted by Gasteiger charge is -2.33. The van der Waals surface area contributed by atoms with Gasteiger partial charge in [-0.3, -0.25) is 9.69 Å². The Morgan fingerprint density at radius 1 is 1.39 bits per heavy atom. The first-order valence-corrected chi connectivity index (χ1v) is 8.45. The van der Waals surface area contributed by atoms with Gasteiger partial charge in [0.05, 0.1) is 24.2 Å². The number of benzene rings is 1. The van der Waals surface area contributed by atoms with E-state index in [1.807, 2.05) is 6.92 Å². The number of esters is 1. The first-order chi connectivity index (χ1) is 11.1. The highest BCUT2D eigenvalue weighted by Gasteiger charge is 2.30. The van der Waals surface area contributed by atoms with Crippen molar-refractivity contribution >= 4 is 17.0 Å². The molecule has 5 heteroatoms. The minimum atomic E-state index is -0.139. The molecule has 124 valence electrons. The van der Waals surface area contributed by atoms with E-state index < -0.39 is 0 Å². The zero-order valence-electron chi connectivity index (χ0n) is 14.2. The maximum Gasteiger partial charge on any atom is 0.323 e. The van der Waals surface area contributed by atoms with Crippen LogP contribution in [0.15, 0.2) is 12.1 Å². The van der Waals surface area contributed by atoms with Crippen LogP contribution in [-0.2, 0) is 16.1 Å². The first kappa shape index (κ1) is 16.0. The summed E-state index contributed by atoms with van der Waals surface area (Å²) in [6.45, 7) is 8.08. The molecule has 0 radical (unpaired) electrons. The van der Waals surface area contributed by atoms with Gasteiger partial charge >= 0.3 is 5.97 Å². The number of hydrogen-bond donors (Lipinski definition) is 1. The van der Waals surface area contributed by atoms with Crippen LogP contribution in [0.4, 0.5) is 0 Å². The number of nitrogens with one attached hydrogen (secondary N) is 1. The molecule has 2 heterocycles. The van der Waals surface area contributed by atoms with Crippen LogP contribution in [0.2, 0.25) is 0 Å². The van der Waals surface area contributed by atoms with Gasteiger partial charge in [0.1, 0.15) is 11.9 Å². The van der Waals surface area contributed by atoms with Crippen LogP contribution in [0.1, 0.15) is 43.1 Å². The van der Waals surface area contributed by atoms with Crippen molar-refractivity contribution < 1.29 is 9.53 Å². The fourth-order valence-corrected chi connectivity index (χ4v) is 3.32. The number of aromatic nitrogens is 2. The number of ether oxygens (including phenoxy) is 1. The van der Waals surface area contributed by atoms with Crippen molar-refractivity contribution in [3.63, 3.8) is 0 Å². The van der Waals surface area contributed by atoms with Gasteiger partial charge in [-0.25, -0.2) is 4.98 Å². The van der Waals surface area contributed by atoms with E-state index in [2.05, 4.69) is 35.9 Å². The molecule has 2 aromatic rings. The highest BCUT2D eigenvalue weighted by atomic mass is 16.5. The Morgan fingerprint density at radius 3 is 3.00 bits per heavy atom. The number of carbonyl (C=O) groups excluding carboxylic acids is 1. The molecule has 1 aromatic carbocycles. The molecule has 1 aromatic heterocycles. The number of piperidine rings is 1. The summed E-state index contributed by atoms with van der Waals surface area (Å²) in [6, 6.07) is 4.05. The minimum absolute atomic E-state index is 0.102. The molecule has 0 spiro atoms. The lowest BCUT2D eigenvalue weighted by atomic mass is 10.0. The highest BCUT2D eigenvalue weighted by Crippen LogP contribution is 2.23. The maximum absolute atomic E-state index is 12.2. The van der Waals surface area contributed by atoms with Gasteiger partial charge in [0.25, 0.3) is 0 Å². The second kappa shape index (κ2) is 6.71. The molecule has 1 saturated heterocycles. The standard InChI is InChI=1S/C18H25N3O2/c1-4-23-18(22)15-7-5-6-10-21(15)11-16-19-14-9-8-12(2)13(3)17(14)20-16/h8-9,15H,4-7,10-11H2,1-3H3,(H,19,20). The fourth-order valence-electron chi connectivity index (χ4n) is 3.32. The number of nitrogens with zero attached hydrogens (tertiary/aromatic N) is 2. The molecular weight excluding hydrogens is 290 g/mol. The summed E-state index contributed by atoms with van der Waals surface area (Å²) in [5.41, 5.74) is 4.56. The van der Waals surface area contributed by atoms with Crippen LogP contribution in [0.5, 0.6) is 0 Å². The molecule has 5 nitrogen and oxygen atoms in total. The van der Waals surface area contributed by atoms with Crippen LogP contribution in [0.3, 0.4) is 0 Å². The van der Waals surface area contributed by atoms with Gasteiger partial charge in [-0.1, -0.05) is 12.5 Å². The normalized spacial score (nSPS) is 19.2. The second-order valence-electron chi connectivity index (χ2n) is 6.32. The molecule has 1 unspecified atom stereocenters. The molecule has 1 aliphatic rings. The van der Waals surface area contributed by atoms with Crippen molar-refractivity contribution in [3.05, 3.63) is 29.1 Å². The molecule has 1 atom stereocenters. The van der Waals surface area contributed by atoms with Crippen molar-refractivity contribution in [3.8, 4) is 0 Å². The summed E-state index contributed by atoms with van der Waals surface area (Å²) in [5, 5.41) is 0. The maximum atomic E-state index is 12.2. The Hall–Kier alpha value is -1.88. The van der Waals surface area contributed by atoms with Crippen LogP contribution < -0.4 is 0 Å². The number of fused-ring (bicyclic) bond motifs is 1. The Bertz CT molecular complexity index is 708. The molecule has 0 amide bonds. The van der Waals surface area contributed by atoms with Crippen LogP contribution in [0, 0.1) is 13.8 Å². The monoisotopic (exact) mass is 315 g/mol. The molecule has 1 fully saturated rings. The lowest BCUT2D eigenvalue weighted by Crippen LogP contribution is -2.45. The van der Waals surface area contributed by atoms with Crippen molar-refractivity contribution in [1.82, 2.24) is 14.9 Å². The summed E-state index contributed by atoms with van der Waals surface area (Å²) in [7, 11) is 0. The van der Waals surface area contributed by atoms with Gasteiger partial charge in [0.15, 0.2) is 0 Å². The van der Waals surface area contributed by atoms with E-state index in [9.17, 15) is 4.79 Å². The van der Waals surface area contributed by atoms with E-state index in [0.29, 0.717) is 13.2 Å². The van der Waals surface area contributed by atoms with Crippen molar-refractivity contribution in [2.45, 2.75) is 52.6 Å². The van der Waals surface area contributed by atoms with Crippen molar-refractivity contribution in [2.75, 3.05) is 13.2 Å². The third-order valence-corrected chi connectivity index (χ3v) is 4.75. The fraction of sp³-hybridized carbons (Fsp3) is 0.556. The van der Waals surface area contributed by atoms with Crippen molar-refractivity contribution in [2.24, 2.45) is 0 Å². The lowest BCUT2D eigenvalue weighted by molar-refractivity contribution is -0.151. The number of imidazole rings is 1. The summed E-state index contributed by atoms with van der Waals surface area (Å²) < 4.78 is 5.23. The van der Waals surface area contributed by atoms with Gasteiger partial charge in [-0.05, 0) is 57.4 Å². The van der Waals surface area contributed by atoms with Gasteiger partial charge in [-0.2, -0.15) is 0 Å².